The van der Waals surface area contributed by atoms with Crippen LogP contribution in [0.1, 0.15) is 6.42 Å². The van der Waals surface area contributed by atoms with Gasteiger partial charge in [-0.05, 0) is 18.4 Å². The van der Waals surface area contributed by atoms with E-state index in [4.69, 9.17) is 9.47 Å². The van der Waals surface area contributed by atoms with E-state index in [1.165, 1.54) is 0 Å². The number of pyridine rings is 1. The second-order valence-electron chi connectivity index (χ2n) is 5.57. The molecule has 0 bridgehead atoms. The lowest BCUT2D eigenvalue weighted by atomic mass is 10.1. The van der Waals surface area contributed by atoms with Gasteiger partial charge in [-0.25, -0.2) is 4.98 Å². The van der Waals surface area contributed by atoms with Gasteiger partial charge in [0.15, 0.2) is 0 Å². The molecule has 2 fully saturated rings. The van der Waals surface area contributed by atoms with Crippen LogP contribution in [0.4, 0.5) is 5.69 Å². The Morgan fingerprint density at radius 3 is 3.10 bits per heavy atom. The first-order valence-corrected chi connectivity index (χ1v) is 7.37. The predicted octanol–water partition coefficient (Wildman–Crippen LogP) is 0.775. The molecule has 0 N–H and O–H groups in total. The normalized spacial score (nSPS) is 23.6. The van der Waals surface area contributed by atoms with Crippen LogP contribution >= 0.6 is 0 Å². The fourth-order valence-electron chi connectivity index (χ4n) is 2.92. The van der Waals surface area contributed by atoms with E-state index in [2.05, 4.69) is 9.88 Å². The van der Waals surface area contributed by atoms with Crippen molar-refractivity contribution in [2.24, 2.45) is 5.92 Å². The van der Waals surface area contributed by atoms with Crippen LogP contribution in [0.3, 0.4) is 0 Å². The third-order valence-corrected chi connectivity index (χ3v) is 4.08. The summed E-state index contributed by atoms with van der Waals surface area (Å²) in [5.74, 6) is 1.24. The number of carbonyl (C=O) groups is 1. The highest BCUT2D eigenvalue weighted by atomic mass is 16.5. The number of aromatic nitrogens is 1. The molecule has 0 spiro atoms. The molecule has 21 heavy (non-hydrogen) atoms. The van der Waals surface area contributed by atoms with Crippen LogP contribution in [0, 0.1) is 5.92 Å². The number of hydrogen-bond acceptors (Lipinski definition) is 5. The Kier molecular flexibility index (Phi) is 4.36. The molecule has 0 radical (unpaired) electrons. The Morgan fingerprint density at radius 2 is 2.38 bits per heavy atom. The monoisotopic (exact) mass is 291 g/mol. The Labute approximate surface area is 124 Å². The van der Waals surface area contributed by atoms with E-state index in [1.807, 2.05) is 11.0 Å². The lowest BCUT2D eigenvalue weighted by Gasteiger charge is -2.35. The summed E-state index contributed by atoms with van der Waals surface area (Å²) in [5, 5.41) is 0. The number of anilines is 1. The maximum atomic E-state index is 12.4. The van der Waals surface area contributed by atoms with Gasteiger partial charge in [-0.3, -0.25) is 9.69 Å². The molecule has 114 valence electrons. The van der Waals surface area contributed by atoms with Gasteiger partial charge in [0.1, 0.15) is 0 Å². The van der Waals surface area contributed by atoms with E-state index in [0.717, 1.165) is 38.4 Å². The first-order chi connectivity index (χ1) is 10.3. The fourth-order valence-corrected chi connectivity index (χ4v) is 2.92. The summed E-state index contributed by atoms with van der Waals surface area (Å²) in [5.41, 5.74) is 0.857. The van der Waals surface area contributed by atoms with Gasteiger partial charge in [0.25, 0.3) is 0 Å². The zero-order chi connectivity index (χ0) is 14.7. The van der Waals surface area contributed by atoms with Gasteiger partial charge < -0.3 is 14.4 Å². The standard InChI is InChI=1S/C15H21N3O3/c1-20-14-8-13(2-4-16-14)18-6-5-17(10-15(18)19)9-12-3-7-21-11-12/h2,4,8,12H,3,5-7,9-11H2,1H3. The van der Waals surface area contributed by atoms with Crippen molar-refractivity contribution in [1.29, 1.82) is 0 Å². The van der Waals surface area contributed by atoms with Crippen LogP contribution in [0.25, 0.3) is 0 Å². The molecule has 1 amide bonds. The molecule has 2 saturated heterocycles. The Bertz CT molecular complexity index is 503. The summed E-state index contributed by atoms with van der Waals surface area (Å²) in [4.78, 5) is 20.5. The molecule has 2 aliphatic rings. The lowest BCUT2D eigenvalue weighted by Crippen LogP contribution is -2.51. The number of carbonyl (C=O) groups excluding carboxylic acids is 1. The average Bonchev–Trinajstić information content (AvgIpc) is 3.00. The third kappa shape index (κ3) is 3.33. The van der Waals surface area contributed by atoms with Crippen molar-refractivity contribution >= 4 is 11.6 Å². The number of rotatable bonds is 4. The van der Waals surface area contributed by atoms with Crippen molar-refractivity contribution in [3.05, 3.63) is 18.3 Å². The fraction of sp³-hybridized carbons (Fsp3) is 0.600. The van der Waals surface area contributed by atoms with Gasteiger partial charge in [-0.2, -0.15) is 0 Å². The summed E-state index contributed by atoms with van der Waals surface area (Å²) in [6.07, 6.45) is 2.78. The minimum absolute atomic E-state index is 0.133. The highest BCUT2D eigenvalue weighted by Gasteiger charge is 2.28. The summed E-state index contributed by atoms with van der Waals surface area (Å²) in [6.45, 7) is 4.72. The number of nitrogens with zero attached hydrogens (tertiary/aromatic N) is 3. The van der Waals surface area contributed by atoms with Gasteiger partial charge in [0, 0.05) is 38.5 Å². The maximum Gasteiger partial charge on any atom is 0.241 e. The van der Waals surface area contributed by atoms with E-state index >= 15 is 0 Å². The first-order valence-electron chi connectivity index (χ1n) is 7.37. The molecule has 1 aromatic heterocycles. The summed E-state index contributed by atoms with van der Waals surface area (Å²) in [7, 11) is 1.58. The van der Waals surface area contributed by atoms with E-state index in [-0.39, 0.29) is 5.91 Å². The van der Waals surface area contributed by atoms with Crippen molar-refractivity contribution in [2.45, 2.75) is 6.42 Å². The van der Waals surface area contributed by atoms with E-state index < -0.39 is 0 Å². The quantitative estimate of drug-likeness (QED) is 0.820. The molecule has 3 heterocycles. The van der Waals surface area contributed by atoms with Gasteiger partial charge in [-0.15, -0.1) is 0 Å². The number of amides is 1. The summed E-state index contributed by atoms with van der Waals surface area (Å²) < 4.78 is 10.5. The zero-order valence-corrected chi connectivity index (χ0v) is 12.3. The molecular weight excluding hydrogens is 270 g/mol. The van der Waals surface area contributed by atoms with Crippen molar-refractivity contribution < 1.29 is 14.3 Å². The van der Waals surface area contributed by atoms with E-state index in [1.54, 1.807) is 19.4 Å². The van der Waals surface area contributed by atoms with E-state index in [0.29, 0.717) is 24.9 Å². The third-order valence-electron chi connectivity index (χ3n) is 4.08. The minimum Gasteiger partial charge on any atom is -0.481 e. The van der Waals surface area contributed by atoms with Crippen molar-refractivity contribution in [1.82, 2.24) is 9.88 Å². The SMILES string of the molecule is COc1cc(N2CCN(CC3CCOC3)CC2=O)ccn1. The second-order valence-corrected chi connectivity index (χ2v) is 5.57. The average molecular weight is 291 g/mol. The predicted molar refractivity (Wildman–Crippen MR) is 78.5 cm³/mol. The molecule has 0 saturated carbocycles. The highest BCUT2D eigenvalue weighted by Crippen LogP contribution is 2.22. The van der Waals surface area contributed by atoms with Crippen LogP contribution in [0.2, 0.25) is 0 Å². The molecule has 6 nitrogen and oxygen atoms in total. The van der Waals surface area contributed by atoms with Crippen LogP contribution in [0.5, 0.6) is 5.88 Å². The van der Waals surface area contributed by atoms with Crippen molar-refractivity contribution in [2.75, 3.05) is 51.4 Å². The topological polar surface area (TPSA) is 54.9 Å². The molecule has 3 rings (SSSR count). The molecule has 1 atom stereocenters. The van der Waals surface area contributed by atoms with E-state index in [9.17, 15) is 4.79 Å². The van der Waals surface area contributed by atoms with Crippen molar-refractivity contribution in [3.63, 3.8) is 0 Å². The minimum atomic E-state index is 0.133. The smallest absolute Gasteiger partial charge is 0.241 e. The van der Waals surface area contributed by atoms with Gasteiger partial charge in [0.05, 0.1) is 25.9 Å². The molecule has 1 aromatic rings. The largest absolute Gasteiger partial charge is 0.481 e. The second kappa shape index (κ2) is 6.41. The summed E-state index contributed by atoms with van der Waals surface area (Å²) in [6, 6.07) is 3.65. The van der Waals surface area contributed by atoms with Gasteiger partial charge in [-0.1, -0.05) is 0 Å². The van der Waals surface area contributed by atoms with Crippen LogP contribution in [-0.2, 0) is 9.53 Å². The Hall–Kier alpha value is -1.66. The Balaban J connectivity index is 1.61. The maximum absolute atomic E-state index is 12.4. The van der Waals surface area contributed by atoms with Crippen LogP contribution in [-0.4, -0.2) is 62.3 Å². The molecule has 1 unspecified atom stereocenters. The van der Waals surface area contributed by atoms with Gasteiger partial charge in [0.2, 0.25) is 11.8 Å². The zero-order valence-electron chi connectivity index (χ0n) is 12.3. The van der Waals surface area contributed by atoms with Crippen LogP contribution in [0.15, 0.2) is 18.3 Å². The number of hydrogen-bond donors (Lipinski definition) is 0. The van der Waals surface area contributed by atoms with Crippen LogP contribution < -0.4 is 9.64 Å². The molecule has 0 aliphatic carbocycles. The molecule has 2 aliphatic heterocycles. The first kappa shape index (κ1) is 14.3. The molecular formula is C15H21N3O3. The lowest BCUT2D eigenvalue weighted by molar-refractivity contribution is -0.121. The molecule has 6 heteroatoms. The number of piperazine rings is 1. The number of ether oxygens (including phenoxy) is 2. The van der Waals surface area contributed by atoms with Crippen molar-refractivity contribution in [3.8, 4) is 5.88 Å². The highest BCUT2D eigenvalue weighted by molar-refractivity contribution is 5.95. The molecule has 0 aromatic carbocycles. The van der Waals surface area contributed by atoms with Gasteiger partial charge >= 0.3 is 0 Å². The Morgan fingerprint density at radius 1 is 1.48 bits per heavy atom. The summed E-state index contributed by atoms with van der Waals surface area (Å²) >= 11 is 0. The number of methoxy groups -OCH3 is 1.